The van der Waals surface area contributed by atoms with Crippen molar-refractivity contribution in [3.8, 4) is 5.75 Å². The van der Waals surface area contributed by atoms with E-state index < -0.39 is 6.36 Å². The Bertz CT molecular complexity index is 414. The molecular weight excluding hydrogens is 281 g/mol. The van der Waals surface area contributed by atoms with E-state index in [4.69, 9.17) is 0 Å². The van der Waals surface area contributed by atoms with Crippen LogP contribution in [0.2, 0.25) is 0 Å². The Labute approximate surface area is 123 Å². The summed E-state index contributed by atoms with van der Waals surface area (Å²) in [5.41, 5.74) is 1.04. The van der Waals surface area contributed by atoms with Crippen molar-refractivity contribution in [1.82, 2.24) is 10.2 Å². The average Bonchev–Trinajstić information content (AvgIpc) is 2.45. The van der Waals surface area contributed by atoms with Gasteiger partial charge in [-0.2, -0.15) is 0 Å². The Morgan fingerprint density at radius 3 is 2.33 bits per heavy atom. The van der Waals surface area contributed by atoms with Crippen LogP contribution >= 0.6 is 0 Å². The molecular formula is C15H20F3N2O. The third-order valence-electron chi connectivity index (χ3n) is 3.50. The van der Waals surface area contributed by atoms with Crippen molar-refractivity contribution < 1.29 is 17.9 Å². The Morgan fingerprint density at radius 1 is 1.05 bits per heavy atom. The lowest BCUT2D eigenvalue weighted by Gasteiger charge is -2.26. The fourth-order valence-electron chi connectivity index (χ4n) is 2.39. The van der Waals surface area contributed by atoms with E-state index in [-0.39, 0.29) is 5.75 Å². The molecule has 0 aliphatic carbocycles. The molecule has 117 valence electrons. The van der Waals surface area contributed by atoms with Gasteiger partial charge < -0.3 is 9.64 Å². The topological polar surface area (TPSA) is 26.6 Å². The van der Waals surface area contributed by atoms with Gasteiger partial charge in [-0.05, 0) is 43.5 Å². The summed E-state index contributed by atoms with van der Waals surface area (Å²) in [6, 6.07) is 6.13. The van der Waals surface area contributed by atoms with Gasteiger partial charge in [0.05, 0.1) is 0 Å². The predicted octanol–water partition coefficient (Wildman–Crippen LogP) is 2.83. The molecule has 2 rings (SSSR count). The second-order valence-electron chi connectivity index (χ2n) is 5.16. The van der Waals surface area contributed by atoms with E-state index in [1.165, 1.54) is 12.1 Å². The summed E-state index contributed by atoms with van der Waals surface area (Å²) < 4.78 is 39.9. The minimum Gasteiger partial charge on any atom is -0.406 e. The van der Waals surface area contributed by atoms with E-state index in [1.54, 1.807) is 12.1 Å². The number of nitrogens with zero attached hydrogens (tertiary/aromatic N) is 2. The molecule has 0 unspecified atom stereocenters. The lowest BCUT2D eigenvalue weighted by atomic mass is 10.1. The first kappa shape index (κ1) is 16.1. The first-order chi connectivity index (χ1) is 10.0. The van der Waals surface area contributed by atoms with E-state index in [1.807, 2.05) is 0 Å². The molecule has 0 atom stereocenters. The highest BCUT2D eigenvalue weighted by molar-refractivity contribution is 5.27. The molecule has 1 heterocycles. The van der Waals surface area contributed by atoms with E-state index in [0.717, 1.165) is 57.5 Å². The predicted molar refractivity (Wildman–Crippen MR) is 74.4 cm³/mol. The molecule has 3 nitrogen and oxygen atoms in total. The molecule has 0 amide bonds. The summed E-state index contributed by atoms with van der Waals surface area (Å²) in [6.45, 7) is 5.03. The largest absolute Gasteiger partial charge is 0.573 e. The zero-order valence-corrected chi connectivity index (χ0v) is 11.9. The number of rotatable bonds is 6. The average molecular weight is 301 g/mol. The van der Waals surface area contributed by atoms with Gasteiger partial charge in [-0.1, -0.05) is 12.1 Å². The molecule has 0 spiro atoms. The lowest BCUT2D eigenvalue weighted by Crippen LogP contribution is -2.40. The van der Waals surface area contributed by atoms with E-state index in [0.29, 0.717) is 0 Å². The van der Waals surface area contributed by atoms with E-state index >= 15 is 0 Å². The van der Waals surface area contributed by atoms with Crippen molar-refractivity contribution in [2.75, 3.05) is 32.7 Å². The van der Waals surface area contributed by atoms with Crippen molar-refractivity contribution in [3.05, 3.63) is 29.8 Å². The minimum atomic E-state index is -4.62. The number of aryl methyl sites for hydroxylation is 1. The summed E-state index contributed by atoms with van der Waals surface area (Å²) in [6.07, 6.45) is -1.61. The van der Waals surface area contributed by atoms with Gasteiger partial charge in [-0.15, -0.1) is 13.2 Å². The van der Waals surface area contributed by atoms with Gasteiger partial charge in [-0.25, -0.2) is 5.32 Å². The number of piperazine rings is 1. The molecule has 0 saturated carbocycles. The molecule has 0 aromatic heterocycles. The molecule has 6 heteroatoms. The smallest absolute Gasteiger partial charge is 0.406 e. The summed E-state index contributed by atoms with van der Waals surface area (Å²) in [7, 11) is 0. The maximum Gasteiger partial charge on any atom is 0.573 e. The molecule has 1 saturated heterocycles. The van der Waals surface area contributed by atoms with Crippen molar-refractivity contribution in [2.24, 2.45) is 0 Å². The van der Waals surface area contributed by atoms with Crippen LogP contribution in [0, 0.1) is 0 Å². The Kier molecular flexibility index (Phi) is 5.87. The Hall–Kier alpha value is -1.27. The van der Waals surface area contributed by atoms with Gasteiger partial charge in [0.2, 0.25) is 0 Å². The number of ether oxygens (including phenoxy) is 1. The van der Waals surface area contributed by atoms with Crippen molar-refractivity contribution in [1.29, 1.82) is 0 Å². The first-order valence-corrected chi connectivity index (χ1v) is 7.23. The SMILES string of the molecule is FC(F)(F)Oc1ccc(CCCCN2CC[N]CC2)cc1. The van der Waals surface area contributed by atoms with E-state index in [2.05, 4.69) is 15.0 Å². The molecule has 1 aliphatic rings. The summed E-state index contributed by atoms with van der Waals surface area (Å²) in [5, 5.41) is 4.30. The zero-order valence-electron chi connectivity index (χ0n) is 11.9. The second kappa shape index (κ2) is 7.66. The van der Waals surface area contributed by atoms with Crippen LogP contribution in [0.5, 0.6) is 5.75 Å². The Balaban J connectivity index is 1.66. The van der Waals surface area contributed by atoms with Crippen LogP contribution in [0.25, 0.3) is 0 Å². The summed E-state index contributed by atoms with van der Waals surface area (Å²) in [5.74, 6) is -0.164. The number of hydrogen-bond acceptors (Lipinski definition) is 2. The quantitative estimate of drug-likeness (QED) is 0.755. The zero-order chi connectivity index (χ0) is 15.1. The van der Waals surface area contributed by atoms with Crippen molar-refractivity contribution in [3.63, 3.8) is 0 Å². The van der Waals surface area contributed by atoms with Crippen LogP contribution < -0.4 is 10.1 Å². The fourth-order valence-corrected chi connectivity index (χ4v) is 2.39. The van der Waals surface area contributed by atoms with Crippen LogP contribution in [-0.2, 0) is 6.42 Å². The molecule has 1 aromatic carbocycles. The molecule has 0 bridgehead atoms. The highest BCUT2D eigenvalue weighted by Crippen LogP contribution is 2.23. The molecule has 0 N–H and O–H groups in total. The van der Waals surface area contributed by atoms with Crippen LogP contribution in [0.4, 0.5) is 13.2 Å². The van der Waals surface area contributed by atoms with Gasteiger partial charge in [0.25, 0.3) is 0 Å². The van der Waals surface area contributed by atoms with Crippen LogP contribution in [0.15, 0.2) is 24.3 Å². The maximum atomic E-state index is 12.0. The molecule has 1 radical (unpaired) electrons. The first-order valence-electron chi connectivity index (χ1n) is 7.23. The van der Waals surface area contributed by atoms with Gasteiger partial charge in [-0.3, -0.25) is 0 Å². The lowest BCUT2D eigenvalue weighted by molar-refractivity contribution is -0.274. The molecule has 1 aromatic rings. The molecule has 1 aliphatic heterocycles. The van der Waals surface area contributed by atoms with Crippen molar-refractivity contribution >= 4 is 0 Å². The van der Waals surface area contributed by atoms with Gasteiger partial charge in [0.1, 0.15) is 5.75 Å². The third-order valence-corrected chi connectivity index (χ3v) is 3.50. The normalized spacial score (nSPS) is 16.9. The van der Waals surface area contributed by atoms with Crippen LogP contribution in [0.1, 0.15) is 18.4 Å². The van der Waals surface area contributed by atoms with Crippen LogP contribution in [-0.4, -0.2) is 44.0 Å². The van der Waals surface area contributed by atoms with Gasteiger partial charge in [0, 0.05) is 26.2 Å². The number of unbranched alkanes of at least 4 members (excludes halogenated alkanes) is 1. The number of benzene rings is 1. The highest BCUT2D eigenvalue weighted by atomic mass is 19.4. The van der Waals surface area contributed by atoms with Crippen molar-refractivity contribution in [2.45, 2.75) is 25.6 Å². The number of halogens is 3. The fraction of sp³-hybridized carbons (Fsp3) is 0.600. The number of alkyl halides is 3. The maximum absolute atomic E-state index is 12.0. The molecule has 1 fully saturated rings. The molecule has 21 heavy (non-hydrogen) atoms. The second-order valence-corrected chi connectivity index (χ2v) is 5.16. The van der Waals surface area contributed by atoms with Crippen LogP contribution in [0.3, 0.4) is 0 Å². The monoisotopic (exact) mass is 301 g/mol. The number of hydrogen-bond donors (Lipinski definition) is 0. The minimum absolute atomic E-state index is 0.164. The highest BCUT2D eigenvalue weighted by Gasteiger charge is 2.30. The summed E-state index contributed by atoms with van der Waals surface area (Å²) >= 11 is 0. The van der Waals surface area contributed by atoms with Gasteiger partial charge in [0.15, 0.2) is 0 Å². The summed E-state index contributed by atoms with van der Waals surface area (Å²) in [4.78, 5) is 2.41. The third kappa shape index (κ3) is 6.35. The standard InChI is InChI=1S/C15H20F3N2O/c16-15(17,18)21-14-6-4-13(5-7-14)3-1-2-10-20-11-8-19-9-12-20/h4-7H,1-3,8-12H2. The van der Waals surface area contributed by atoms with Gasteiger partial charge >= 0.3 is 6.36 Å². The van der Waals surface area contributed by atoms with E-state index in [9.17, 15) is 13.2 Å². The Morgan fingerprint density at radius 2 is 1.71 bits per heavy atom.